The first-order chi connectivity index (χ1) is 34.5. The van der Waals surface area contributed by atoms with Crippen LogP contribution in [0.15, 0.2) is 176 Å². The Balaban J connectivity index is 0.000000203. The monoisotopic (exact) mass is 1510 g/mol. The maximum absolute atomic E-state index is 14.3. The van der Waals surface area contributed by atoms with Crippen LogP contribution in [0.25, 0.3) is 44.9 Å². The third-order valence-corrected chi connectivity index (χ3v) is 10.8. The van der Waals surface area contributed by atoms with Crippen molar-refractivity contribution < 1.29 is 78.9 Å². The summed E-state index contributed by atoms with van der Waals surface area (Å²) in [5.74, 6) is 3.77. The fourth-order valence-electron chi connectivity index (χ4n) is 7.49. The molecule has 13 heteroatoms. The molecular formula is C61H50FIr3N6O3-3. The molecule has 0 spiro atoms. The Morgan fingerprint density at radius 2 is 0.811 bits per heavy atom. The molecule has 9 nitrogen and oxygen atoms in total. The van der Waals surface area contributed by atoms with E-state index in [1.807, 2.05) is 157 Å². The molecule has 3 radical (unpaired) electrons. The molecule has 0 aliphatic carbocycles. The first-order valence-corrected chi connectivity index (χ1v) is 22.9. The van der Waals surface area contributed by atoms with Crippen molar-refractivity contribution in [3.05, 3.63) is 240 Å². The van der Waals surface area contributed by atoms with Gasteiger partial charge in [-0.3, -0.25) is 19.3 Å². The van der Waals surface area contributed by atoms with Crippen molar-refractivity contribution in [1.29, 1.82) is 0 Å². The van der Waals surface area contributed by atoms with Crippen LogP contribution in [0, 0.1) is 72.5 Å². The standard InChI is InChI=1S/C24H19N2O.C19H17N2O.C18H14FN2O.3Ir/c1-17-16-25-24(18(2)26-17)20-13-14-23(27-21-11-7-4-8-12-21)22(15-20)19-9-5-3-6-10-19;1-13-11-16(19-15(3)21-14(2)12-20-19)9-10-18(13)22-17-7-5-4-6-8-17;1-12-11-20-18(13(2)21-12)16-9-8-15(10-17(16)19)22-14-6-4-3-5-7-14;;;/h3-12,14-16H,1-2H3;4-8,10-12H,1-3H3;3-8,10-11H,1-2H3;;;/q3*-1;;;. The van der Waals surface area contributed by atoms with Gasteiger partial charge in [-0.1, -0.05) is 115 Å². The van der Waals surface area contributed by atoms with Gasteiger partial charge in [0.1, 0.15) is 17.2 Å². The fourth-order valence-corrected chi connectivity index (χ4v) is 7.49. The zero-order valence-corrected chi connectivity index (χ0v) is 48.7. The van der Waals surface area contributed by atoms with Gasteiger partial charge in [-0.2, -0.15) is 0 Å². The Hall–Kier alpha value is -6.94. The Morgan fingerprint density at radius 3 is 1.26 bits per heavy atom. The molecule has 0 aliphatic heterocycles. The molecule has 0 atom stereocenters. The van der Waals surface area contributed by atoms with Crippen LogP contribution in [0.2, 0.25) is 0 Å². The number of nitrogens with zero attached hydrogens (tertiary/aromatic N) is 6. The van der Waals surface area contributed by atoms with Crippen molar-refractivity contribution in [1.82, 2.24) is 29.9 Å². The van der Waals surface area contributed by atoms with E-state index in [2.05, 4.69) is 66.3 Å². The molecular weight excluding hydrogens is 1460 g/mol. The summed E-state index contributed by atoms with van der Waals surface area (Å²) in [4.78, 5) is 26.6. The molecule has 7 aromatic carbocycles. The van der Waals surface area contributed by atoms with Gasteiger partial charge in [0.25, 0.3) is 0 Å². The summed E-state index contributed by atoms with van der Waals surface area (Å²) in [7, 11) is 0. The third kappa shape index (κ3) is 15.5. The molecule has 0 N–H and O–H groups in total. The number of aromatic nitrogens is 6. The van der Waals surface area contributed by atoms with Crippen LogP contribution in [0.4, 0.5) is 4.39 Å². The van der Waals surface area contributed by atoms with Gasteiger partial charge in [0.15, 0.2) is 0 Å². The molecule has 0 amide bonds. The van der Waals surface area contributed by atoms with Gasteiger partial charge in [-0.15, -0.1) is 59.7 Å². The van der Waals surface area contributed by atoms with Crippen LogP contribution < -0.4 is 14.2 Å². The average molecular weight is 1510 g/mol. The van der Waals surface area contributed by atoms with Crippen LogP contribution in [0.5, 0.6) is 34.5 Å². The number of rotatable bonds is 10. The molecule has 3 heterocycles. The second kappa shape index (κ2) is 27.9. The molecule has 10 rings (SSSR count). The largest absolute Gasteiger partial charge is 0.502 e. The predicted molar refractivity (Wildman–Crippen MR) is 277 cm³/mol. The molecule has 10 aromatic rings. The van der Waals surface area contributed by atoms with Gasteiger partial charge in [0, 0.05) is 130 Å². The van der Waals surface area contributed by atoms with Crippen molar-refractivity contribution in [3.63, 3.8) is 0 Å². The van der Waals surface area contributed by atoms with Gasteiger partial charge in [0.05, 0.1) is 22.8 Å². The van der Waals surface area contributed by atoms with Crippen molar-refractivity contribution in [2.45, 2.75) is 48.5 Å². The summed E-state index contributed by atoms with van der Waals surface area (Å²) in [5.41, 5.74) is 12.5. The smallest absolute Gasteiger partial charge is 0.114 e. The Kier molecular flexibility index (Phi) is 21.9. The maximum atomic E-state index is 14.3. The van der Waals surface area contributed by atoms with Gasteiger partial charge < -0.3 is 29.2 Å². The van der Waals surface area contributed by atoms with E-state index in [-0.39, 0.29) is 60.3 Å². The van der Waals surface area contributed by atoms with E-state index in [0.29, 0.717) is 28.5 Å². The number of benzene rings is 7. The number of aryl methyl sites for hydroxylation is 7. The van der Waals surface area contributed by atoms with E-state index in [4.69, 9.17) is 14.2 Å². The number of halogens is 1. The topological polar surface area (TPSA) is 105 Å². The summed E-state index contributed by atoms with van der Waals surface area (Å²) in [6.45, 7) is 13.5. The van der Waals surface area contributed by atoms with Crippen LogP contribution >= 0.6 is 0 Å². The van der Waals surface area contributed by atoms with Crippen LogP contribution in [0.1, 0.15) is 39.7 Å². The molecule has 3 aromatic heterocycles. The van der Waals surface area contributed by atoms with E-state index in [1.165, 1.54) is 6.07 Å². The molecule has 0 bridgehead atoms. The van der Waals surface area contributed by atoms with Crippen molar-refractivity contribution in [2.75, 3.05) is 0 Å². The molecule has 0 saturated heterocycles. The number of ether oxygens (including phenoxy) is 3. The quantitative estimate of drug-likeness (QED) is 0.124. The Morgan fingerprint density at radius 1 is 0.405 bits per heavy atom. The molecule has 0 aliphatic rings. The Labute approximate surface area is 473 Å². The third-order valence-electron chi connectivity index (χ3n) is 10.8. The minimum atomic E-state index is -0.435. The van der Waals surface area contributed by atoms with Crippen LogP contribution in [-0.2, 0) is 60.3 Å². The summed E-state index contributed by atoms with van der Waals surface area (Å²) in [6, 6.07) is 59.2. The van der Waals surface area contributed by atoms with E-state index >= 15 is 0 Å². The SMILES string of the molecule is Cc1cnc(-c2[c-]cc(Oc3ccccc3)c(-c3ccccc3)c2)c(C)n1.Cc1cnc(-c2[c-]cc(Oc3ccccc3)c(C)c2)c(C)n1.Cc1cnc(-c2[c-]cc(Oc3ccccc3)cc2F)c(C)n1.[Ir].[Ir].[Ir]. The van der Waals surface area contributed by atoms with E-state index < -0.39 is 5.82 Å². The molecule has 0 saturated carbocycles. The summed E-state index contributed by atoms with van der Waals surface area (Å²) < 4.78 is 32.0. The van der Waals surface area contributed by atoms with Gasteiger partial charge in [-0.05, 0) is 83.5 Å². The second-order valence-electron chi connectivity index (χ2n) is 16.5. The summed E-state index contributed by atoms with van der Waals surface area (Å²) >= 11 is 0. The molecule has 74 heavy (non-hydrogen) atoms. The van der Waals surface area contributed by atoms with Gasteiger partial charge >= 0.3 is 0 Å². The zero-order valence-electron chi connectivity index (χ0n) is 41.5. The predicted octanol–water partition coefficient (Wildman–Crippen LogP) is 15.2. The summed E-state index contributed by atoms with van der Waals surface area (Å²) in [6.07, 6.45) is 5.18. The number of para-hydroxylation sites is 3. The minimum absolute atomic E-state index is 0. The Bertz CT molecular complexity index is 3390. The zero-order chi connectivity index (χ0) is 49.7. The molecule has 0 unspecified atom stereocenters. The molecule has 0 fully saturated rings. The average Bonchev–Trinajstić information content (AvgIpc) is 3.37. The summed E-state index contributed by atoms with van der Waals surface area (Å²) in [5, 5.41) is 0. The molecule has 379 valence electrons. The number of hydrogen-bond acceptors (Lipinski definition) is 9. The fraction of sp³-hybridized carbons (Fsp3) is 0.115. The van der Waals surface area contributed by atoms with Crippen molar-refractivity contribution in [2.24, 2.45) is 0 Å². The van der Waals surface area contributed by atoms with Crippen molar-refractivity contribution >= 4 is 0 Å². The van der Waals surface area contributed by atoms with Gasteiger partial charge in [-0.25, -0.2) is 0 Å². The first-order valence-electron chi connectivity index (χ1n) is 22.9. The number of hydrogen-bond donors (Lipinski definition) is 0. The normalized spacial score (nSPS) is 10.1. The second-order valence-corrected chi connectivity index (χ2v) is 16.5. The van der Waals surface area contributed by atoms with Crippen LogP contribution in [0.3, 0.4) is 0 Å². The van der Waals surface area contributed by atoms with E-state index in [9.17, 15) is 4.39 Å². The maximum Gasteiger partial charge on any atom is 0.114 e. The van der Waals surface area contributed by atoms with E-state index in [0.717, 1.165) is 90.7 Å². The first kappa shape index (κ1) is 58.0. The van der Waals surface area contributed by atoms with Crippen LogP contribution in [-0.4, -0.2) is 29.9 Å². The van der Waals surface area contributed by atoms with E-state index in [1.54, 1.807) is 43.7 Å². The minimum Gasteiger partial charge on any atom is -0.502 e. The van der Waals surface area contributed by atoms with Crippen molar-refractivity contribution in [3.8, 4) is 79.4 Å². The van der Waals surface area contributed by atoms with Gasteiger partial charge in [0.2, 0.25) is 0 Å².